The molecule has 0 aliphatic heterocycles. The number of carbonyl (C=O) groups is 1. The normalized spacial score (nSPS) is 13.4. The number of hydrogen-bond acceptors (Lipinski definition) is 2. The highest BCUT2D eigenvalue weighted by atomic mass is 16.2. The molecule has 2 unspecified atom stereocenters. The van der Waals surface area contributed by atoms with Crippen LogP contribution in [0, 0.1) is 0 Å². The molecule has 3 N–H and O–H groups in total. The average Bonchev–Trinajstić information content (AvgIpc) is 2.55. The van der Waals surface area contributed by atoms with Crippen molar-refractivity contribution < 1.29 is 4.79 Å². The van der Waals surface area contributed by atoms with E-state index in [4.69, 9.17) is 5.73 Å². The second kappa shape index (κ2) is 7.60. The summed E-state index contributed by atoms with van der Waals surface area (Å²) < 4.78 is 0. The lowest BCUT2D eigenvalue weighted by molar-refractivity contribution is -0.123. The van der Waals surface area contributed by atoms with Crippen molar-refractivity contribution in [3.8, 4) is 0 Å². The second-order valence-electron chi connectivity index (χ2n) is 5.15. The van der Waals surface area contributed by atoms with Crippen LogP contribution in [0.5, 0.6) is 0 Å². The zero-order valence-electron chi connectivity index (χ0n) is 12.3. The van der Waals surface area contributed by atoms with Crippen LogP contribution in [0.3, 0.4) is 0 Å². The van der Waals surface area contributed by atoms with E-state index in [-0.39, 0.29) is 11.9 Å². The molecule has 1 amide bonds. The third-order valence-electron chi connectivity index (χ3n) is 3.54. The number of rotatable bonds is 6. The van der Waals surface area contributed by atoms with Gasteiger partial charge in [-0.15, -0.1) is 0 Å². The van der Waals surface area contributed by atoms with Crippen LogP contribution in [0.25, 0.3) is 0 Å². The first-order valence-corrected chi connectivity index (χ1v) is 7.38. The Morgan fingerprint density at radius 3 is 2.05 bits per heavy atom. The minimum absolute atomic E-state index is 0.0125. The molecule has 2 aromatic rings. The number of nitrogens with two attached hydrogens (primary N) is 1. The summed E-state index contributed by atoms with van der Waals surface area (Å²) in [5.41, 5.74) is 8.00. The molecular formula is C18H22N2O. The van der Waals surface area contributed by atoms with Crippen LogP contribution in [-0.4, -0.2) is 5.91 Å². The van der Waals surface area contributed by atoms with Crippen molar-refractivity contribution in [3.63, 3.8) is 0 Å². The lowest BCUT2D eigenvalue weighted by Gasteiger charge is -2.21. The fourth-order valence-corrected chi connectivity index (χ4v) is 2.37. The van der Waals surface area contributed by atoms with Crippen LogP contribution in [-0.2, 0) is 4.79 Å². The lowest BCUT2D eigenvalue weighted by Crippen LogP contribution is -2.36. The van der Waals surface area contributed by atoms with Crippen molar-refractivity contribution >= 4 is 5.91 Å². The first kappa shape index (κ1) is 15.3. The molecule has 2 aromatic carbocycles. The number of hydrogen-bond donors (Lipinski definition) is 2. The first-order chi connectivity index (χ1) is 10.2. The molecule has 0 radical (unpaired) electrons. The molecule has 21 heavy (non-hydrogen) atoms. The smallest absolute Gasteiger partial charge is 0.241 e. The Balaban J connectivity index is 2.08. The van der Waals surface area contributed by atoms with Gasteiger partial charge in [0.05, 0.1) is 6.04 Å². The van der Waals surface area contributed by atoms with E-state index in [0.29, 0.717) is 0 Å². The van der Waals surface area contributed by atoms with Gasteiger partial charge in [-0.3, -0.25) is 4.79 Å². The van der Waals surface area contributed by atoms with Crippen molar-refractivity contribution in [3.05, 3.63) is 71.8 Å². The summed E-state index contributed by atoms with van der Waals surface area (Å²) in [6, 6.07) is 18.9. The Morgan fingerprint density at radius 2 is 1.52 bits per heavy atom. The molecule has 0 aromatic heterocycles. The van der Waals surface area contributed by atoms with Crippen LogP contribution in [0.4, 0.5) is 0 Å². The standard InChI is InChI=1S/C18H22N2O/c1-2-9-16(14-10-5-3-6-11-14)20-18(21)17(19)15-12-7-4-8-13-15/h3-8,10-13,16-17H,2,9,19H2,1H3,(H,20,21). The Labute approximate surface area is 126 Å². The van der Waals surface area contributed by atoms with Gasteiger partial charge in [0, 0.05) is 0 Å². The van der Waals surface area contributed by atoms with Crippen molar-refractivity contribution in [2.45, 2.75) is 31.8 Å². The van der Waals surface area contributed by atoms with Crippen molar-refractivity contribution in [2.75, 3.05) is 0 Å². The van der Waals surface area contributed by atoms with Crippen molar-refractivity contribution in [2.24, 2.45) is 5.73 Å². The zero-order chi connectivity index (χ0) is 15.1. The quantitative estimate of drug-likeness (QED) is 0.853. The van der Waals surface area contributed by atoms with E-state index in [1.54, 1.807) is 0 Å². The molecule has 0 saturated carbocycles. The maximum atomic E-state index is 12.4. The fourth-order valence-electron chi connectivity index (χ4n) is 2.37. The van der Waals surface area contributed by atoms with E-state index in [1.165, 1.54) is 0 Å². The topological polar surface area (TPSA) is 55.1 Å². The molecule has 110 valence electrons. The van der Waals surface area contributed by atoms with Crippen LogP contribution in [0.15, 0.2) is 60.7 Å². The SMILES string of the molecule is CCCC(NC(=O)C(N)c1ccccc1)c1ccccc1. The second-order valence-corrected chi connectivity index (χ2v) is 5.15. The van der Waals surface area contributed by atoms with Gasteiger partial charge in [0.2, 0.25) is 5.91 Å². The van der Waals surface area contributed by atoms with E-state index >= 15 is 0 Å². The largest absolute Gasteiger partial charge is 0.348 e. The molecule has 0 bridgehead atoms. The molecule has 0 aliphatic rings. The Hall–Kier alpha value is -2.13. The Bertz CT molecular complexity index is 554. The van der Waals surface area contributed by atoms with Gasteiger partial charge in [-0.25, -0.2) is 0 Å². The van der Waals surface area contributed by atoms with E-state index in [1.807, 2.05) is 60.7 Å². The number of amides is 1. The predicted molar refractivity (Wildman–Crippen MR) is 85.6 cm³/mol. The minimum atomic E-state index is -0.630. The minimum Gasteiger partial charge on any atom is -0.348 e. The van der Waals surface area contributed by atoms with E-state index < -0.39 is 6.04 Å². The molecule has 0 aliphatic carbocycles. The van der Waals surface area contributed by atoms with Crippen LogP contribution < -0.4 is 11.1 Å². The highest BCUT2D eigenvalue weighted by Crippen LogP contribution is 2.19. The van der Waals surface area contributed by atoms with Gasteiger partial charge in [0.1, 0.15) is 6.04 Å². The summed E-state index contributed by atoms with van der Waals surface area (Å²) in [7, 11) is 0. The summed E-state index contributed by atoms with van der Waals surface area (Å²) in [5, 5.41) is 3.07. The van der Waals surface area contributed by atoms with Gasteiger partial charge in [-0.1, -0.05) is 74.0 Å². The summed E-state index contributed by atoms with van der Waals surface area (Å²) in [4.78, 5) is 12.4. The number of benzene rings is 2. The van der Waals surface area contributed by atoms with Gasteiger partial charge in [0.15, 0.2) is 0 Å². The molecule has 3 heteroatoms. The summed E-state index contributed by atoms with van der Waals surface area (Å²) in [5.74, 6) is -0.136. The third kappa shape index (κ3) is 4.17. The van der Waals surface area contributed by atoms with Gasteiger partial charge < -0.3 is 11.1 Å². The van der Waals surface area contributed by atoms with Crippen molar-refractivity contribution in [1.29, 1.82) is 0 Å². The monoisotopic (exact) mass is 282 g/mol. The maximum Gasteiger partial charge on any atom is 0.241 e. The average molecular weight is 282 g/mol. The lowest BCUT2D eigenvalue weighted by atomic mass is 10.0. The molecule has 0 fully saturated rings. The van der Waals surface area contributed by atoms with E-state index in [2.05, 4.69) is 12.2 Å². The molecule has 3 nitrogen and oxygen atoms in total. The molecule has 2 atom stereocenters. The van der Waals surface area contributed by atoms with Crippen LogP contribution in [0.1, 0.15) is 43.0 Å². The molecule has 0 heterocycles. The zero-order valence-corrected chi connectivity index (χ0v) is 12.3. The summed E-state index contributed by atoms with van der Waals surface area (Å²) in [6.07, 6.45) is 1.90. The molecule has 2 rings (SSSR count). The molecular weight excluding hydrogens is 260 g/mol. The van der Waals surface area contributed by atoms with Gasteiger partial charge in [-0.2, -0.15) is 0 Å². The Kier molecular flexibility index (Phi) is 5.52. The number of nitrogens with one attached hydrogen (secondary N) is 1. The molecule has 0 spiro atoms. The van der Waals surface area contributed by atoms with E-state index in [0.717, 1.165) is 24.0 Å². The predicted octanol–water partition coefficient (Wildman–Crippen LogP) is 3.34. The first-order valence-electron chi connectivity index (χ1n) is 7.38. The highest BCUT2D eigenvalue weighted by molar-refractivity contribution is 5.83. The summed E-state index contributed by atoms with van der Waals surface area (Å²) in [6.45, 7) is 2.11. The maximum absolute atomic E-state index is 12.4. The van der Waals surface area contributed by atoms with Gasteiger partial charge >= 0.3 is 0 Å². The third-order valence-corrected chi connectivity index (χ3v) is 3.54. The molecule has 0 saturated heterocycles. The van der Waals surface area contributed by atoms with E-state index in [9.17, 15) is 4.79 Å². The highest BCUT2D eigenvalue weighted by Gasteiger charge is 2.19. The van der Waals surface area contributed by atoms with Crippen LogP contribution in [0.2, 0.25) is 0 Å². The summed E-state index contributed by atoms with van der Waals surface area (Å²) >= 11 is 0. The van der Waals surface area contributed by atoms with Crippen LogP contribution >= 0.6 is 0 Å². The van der Waals surface area contributed by atoms with Crippen molar-refractivity contribution in [1.82, 2.24) is 5.32 Å². The Morgan fingerprint density at radius 1 is 1.00 bits per heavy atom. The number of carbonyl (C=O) groups excluding carboxylic acids is 1. The fraction of sp³-hybridized carbons (Fsp3) is 0.278. The van der Waals surface area contributed by atoms with Gasteiger partial charge in [0.25, 0.3) is 0 Å². The van der Waals surface area contributed by atoms with Gasteiger partial charge in [-0.05, 0) is 17.5 Å².